The van der Waals surface area contributed by atoms with Gasteiger partial charge in [-0.1, -0.05) is 0 Å². The molecule has 86 valence electrons. The van der Waals surface area contributed by atoms with Crippen molar-refractivity contribution >= 4 is 11.9 Å². The van der Waals surface area contributed by atoms with Gasteiger partial charge in [0.2, 0.25) is 5.91 Å². The number of carbonyl (C=O) groups is 2. The van der Waals surface area contributed by atoms with E-state index in [9.17, 15) is 14.7 Å². The zero-order chi connectivity index (χ0) is 11.5. The Kier molecular flexibility index (Phi) is 3.65. The quantitative estimate of drug-likeness (QED) is 0.531. The highest BCUT2D eigenvalue weighted by Crippen LogP contribution is 2.24. The normalized spacial score (nSPS) is 30.1. The second-order valence-corrected chi connectivity index (χ2v) is 3.71. The van der Waals surface area contributed by atoms with Crippen LogP contribution in [0.5, 0.6) is 0 Å². The maximum Gasteiger partial charge on any atom is 0.312 e. The molecule has 2 unspecified atom stereocenters. The first-order valence-corrected chi connectivity index (χ1v) is 4.76. The number of aliphatic hydroxyl groups is 1. The van der Waals surface area contributed by atoms with Gasteiger partial charge in [-0.2, -0.15) is 0 Å². The Balaban J connectivity index is 2.36. The van der Waals surface area contributed by atoms with Crippen LogP contribution in [0.3, 0.4) is 0 Å². The highest BCUT2D eigenvalue weighted by Gasteiger charge is 2.39. The lowest BCUT2D eigenvalue weighted by atomic mass is 9.97. The van der Waals surface area contributed by atoms with Crippen molar-refractivity contribution in [1.29, 1.82) is 0 Å². The first-order chi connectivity index (χ1) is 6.94. The lowest BCUT2D eigenvalue weighted by Gasteiger charge is -2.25. The molecule has 3 N–H and O–H groups in total. The number of carboxylic acids is 1. The standard InChI is InChI=1S/C9H15NO5/c1-6-9(14,2-3-15-6)5-10-7(11)4-8(12)13/h6,14H,2-5H2,1H3,(H,10,11)(H,12,13). The minimum absolute atomic E-state index is 0.0281. The van der Waals surface area contributed by atoms with Gasteiger partial charge in [-0.25, -0.2) is 0 Å². The summed E-state index contributed by atoms with van der Waals surface area (Å²) in [7, 11) is 0. The smallest absolute Gasteiger partial charge is 0.312 e. The molecule has 1 heterocycles. The molecule has 1 aliphatic rings. The van der Waals surface area contributed by atoms with Crippen LogP contribution in [0, 0.1) is 0 Å². The molecule has 0 saturated carbocycles. The fourth-order valence-corrected chi connectivity index (χ4v) is 1.45. The number of hydrogen-bond donors (Lipinski definition) is 3. The fourth-order valence-electron chi connectivity index (χ4n) is 1.45. The maximum absolute atomic E-state index is 11.0. The van der Waals surface area contributed by atoms with E-state index in [0.29, 0.717) is 13.0 Å². The Morgan fingerprint density at radius 1 is 1.60 bits per heavy atom. The first-order valence-electron chi connectivity index (χ1n) is 4.76. The summed E-state index contributed by atoms with van der Waals surface area (Å²) in [6.45, 7) is 2.20. The van der Waals surface area contributed by atoms with Gasteiger partial charge in [0, 0.05) is 19.6 Å². The van der Waals surface area contributed by atoms with Crippen LogP contribution in [-0.4, -0.2) is 46.9 Å². The molecule has 15 heavy (non-hydrogen) atoms. The molecule has 1 saturated heterocycles. The van der Waals surface area contributed by atoms with Gasteiger partial charge < -0.3 is 20.3 Å². The van der Waals surface area contributed by atoms with Crippen LogP contribution in [0.15, 0.2) is 0 Å². The number of carboxylic acid groups (broad SMARTS) is 1. The van der Waals surface area contributed by atoms with Crippen molar-refractivity contribution in [1.82, 2.24) is 5.32 Å². The van der Waals surface area contributed by atoms with Crippen LogP contribution < -0.4 is 5.32 Å². The maximum atomic E-state index is 11.0. The summed E-state index contributed by atoms with van der Waals surface area (Å²) in [5.74, 6) is -1.79. The molecule has 0 aromatic carbocycles. The molecule has 6 heteroatoms. The third-order valence-electron chi connectivity index (χ3n) is 2.56. The van der Waals surface area contributed by atoms with Gasteiger partial charge in [-0.05, 0) is 6.92 Å². The second-order valence-electron chi connectivity index (χ2n) is 3.71. The molecular formula is C9H15NO5. The predicted octanol–water partition coefficient (Wildman–Crippen LogP) is -0.883. The number of nitrogens with one attached hydrogen (secondary N) is 1. The molecule has 1 amide bonds. The van der Waals surface area contributed by atoms with Crippen molar-refractivity contribution in [2.24, 2.45) is 0 Å². The molecule has 0 aliphatic carbocycles. The van der Waals surface area contributed by atoms with E-state index >= 15 is 0 Å². The van der Waals surface area contributed by atoms with E-state index in [2.05, 4.69) is 5.32 Å². The number of ether oxygens (including phenoxy) is 1. The molecule has 1 fully saturated rings. The Morgan fingerprint density at radius 3 is 2.73 bits per heavy atom. The molecule has 0 aromatic heterocycles. The monoisotopic (exact) mass is 217 g/mol. The molecule has 1 aliphatic heterocycles. The van der Waals surface area contributed by atoms with Crippen molar-refractivity contribution in [3.8, 4) is 0 Å². The van der Waals surface area contributed by atoms with Gasteiger partial charge in [-0.15, -0.1) is 0 Å². The Morgan fingerprint density at radius 2 is 2.27 bits per heavy atom. The van der Waals surface area contributed by atoms with E-state index in [0.717, 1.165) is 0 Å². The molecule has 1 rings (SSSR count). The lowest BCUT2D eigenvalue weighted by molar-refractivity contribution is -0.141. The first kappa shape index (κ1) is 11.9. The topological polar surface area (TPSA) is 95.9 Å². The third-order valence-corrected chi connectivity index (χ3v) is 2.56. The second kappa shape index (κ2) is 4.59. The van der Waals surface area contributed by atoms with Gasteiger partial charge in [0.1, 0.15) is 12.0 Å². The van der Waals surface area contributed by atoms with E-state index in [1.165, 1.54) is 0 Å². The summed E-state index contributed by atoms with van der Waals surface area (Å²) >= 11 is 0. The number of aliphatic carboxylic acids is 1. The molecular weight excluding hydrogens is 202 g/mol. The van der Waals surface area contributed by atoms with Crippen LogP contribution in [0.4, 0.5) is 0 Å². The summed E-state index contributed by atoms with van der Waals surface area (Å²) in [6.07, 6.45) is -0.477. The van der Waals surface area contributed by atoms with Crippen LogP contribution >= 0.6 is 0 Å². The molecule has 6 nitrogen and oxygen atoms in total. The Hall–Kier alpha value is -1.14. The molecule has 2 atom stereocenters. The van der Waals surface area contributed by atoms with Crippen LogP contribution in [0.2, 0.25) is 0 Å². The van der Waals surface area contributed by atoms with E-state index in [1.807, 2.05) is 0 Å². The van der Waals surface area contributed by atoms with E-state index < -0.39 is 23.9 Å². The third kappa shape index (κ3) is 3.17. The van der Waals surface area contributed by atoms with Gasteiger partial charge in [0.05, 0.1) is 6.10 Å². The average Bonchev–Trinajstić information content (AvgIpc) is 2.44. The van der Waals surface area contributed by atoms with E-state index in [1.54, 1.807) is 6.92 Å². The molecule has 0 radical (unpaired) electrons. The Labute approximate surface area is 87.2 Å². The zero-order valence-electron chi connectivity index (χ0n) is 8.52. The summed E-state index contributed by atoms with van der Waals surface area (Å²) in [5, 5.41) is 20.7. The lowest BCUT2D eigenvalue weighted by Crippen LogP contribution is -2.47. The van der Waals surface area contributed by atoms with Crippen molar-refractivity contribution in [3.05, 3.63) is 0 Å². The van der Waals surface area contributed by atoms with Gasteiger partial charge >= 0.3 is 5.97 Å². The van der Waals surface area contributed by atoms with Crippen molar-refractivity contribution in [2.45, 2.75) is 31.5 Å². The zero-order valence-corrected chi connectivity index (χ0v) is 8.52. The van der Waals surface area contributed by atoms with Gasteiger partial charge in [0.15, 0.2) is 0 Å². The number of rotatable bonds is 4. The molecule has 0 bridgehead atoms. The summed E-state index contributed by atoms with van der Waals surface area (Å²) in [4.78, 5) is 21.2. The summed E-state index contributed by atoms with van der Waals surface area (Å²) in [5.41, 5.74) is -1.08. The van der Waals surface area contributed by atoms with Gasteiger partial charge in [-0.3, -0.25) is 9.59 Å². The fraction of sp³-hybridized carbons (Fsp3) is 0.778. The van der Waals surface area contributed by atoms with Gasteiger partial charge in [0.25, 0.3) is 0 Å². The molecule has 0 spiro atoms. The largest absolute Gasteiger partial charge is 0.481 e. The Bertz CT molecular complexity index is 267. The highest BCUT2D eigenvalue weighted by molar-refractivity contribution is 5.93. The van der Waals surface area contributed by atoms with Crippen LogP contribution in [-0.2, 0) is 14.3 Å². The average molecular weight is 217 g/mol. The van der Waals surface area contributed by atoms with Crippen molar-refractivity contribution < 1.29 is 24.5 Å². The van der Waals surface area contributed by atoms with E-state index in [4.69, 9.17) is 9.84 Å². The van der Waals surface area contributed by atoms with E-state index in [-0.39, 0.29) is 12.6 Å². The number of amides is 1. The molecule has 0 aromatic rings. The van der Waals surface area contributed by atoms with Crippen LogP contribution in [0.1, 0.15) is 19.8 Å². The van der Waals surface area contributed by atoms with Crippen LogP contribution in [0.25, 0.3) is 0 Å². The minimum Gasteiger partial charge on any atom is -0.481 e. The summed E-state index contributed by atoms with van der Waals surface area (Å²) < 4.78 is 5.16. The number of carbonyl (C=O) groups excluding carboxylic acids is 1. The summed E-state index contributed by atoms with van der Waals surface area (Å²) in [6, 6.07) is 0. The minimum atomic E-state index is -1.18. The SMILES string of the molecule is CC1OCCC1(O)CNC(=O)CC(=O)O. The number of hydrogen-bond acceptors (Lipinski definition) is 4. The van der Waals surface area contributed by atoms with Crippen molar-refractivity contribution in [3.63, 3.8) is 0 Å². The highest BCUT2D eigenvalue weighted by atomic mass is 16.5. The predicted molar refractivity (Wildman–Crippen MR) is 50.2 cm³/mol. The van der Waals surface area contributed by atoms with Crippen molar-refractivity contribution in [2.75, 3.05) is 13.2 Å².